The summed E-state index contributed by atoms with van der Waals surface area (Å²) >= 11 is 5.44. The fourth-order valence-corrected chi connectivity index (χ4v) is 1.09. The van der Waals surface area contributed by atoms with Gasteiger partial charge in [0.2, 0.25) is 5.24 Å². The molecule has 0 aliphatic heterocycles. The fourth-order valence-electron chi connectivity index (χ4n) is 1.03. The molecule has 0 heterocycles. The molecule has 1 aromatic rings. The summed E-state index contributed by atoms with van der Waals surface area (Å²) in [5.74, 6) is 0. The van der Waals surface area contributed by atoms with Crippen LogP contribution in [-0.2, 0) is 4.79 Å². The van der Waals surface area contributed by atoms with Gasteiger partial charge in [0.25, 0.3) is 0 Å². The van der Waals surface area contributed by atoms with E-state index in [1.807, 2.05) is 31.2 Å². The minimum atomic E-state index is -0.659. The molecule has 0 fully saturated rings. The van der Waals surface area contributed by atoms with E-state index in [-0.39, 0.29) is 0 Å². The van der Waals surface area contributed by atoms with Gasteiger partial charge < -0.3 is 0 Å². The zero-order valence-corrected chi connectivity index (χ0v) is 10.5. The van der Waals surface area contributed by atoms with E-state index in [1.54, 1.807) is 13.8 Å². The summed E-state index contributed by atoms with van der Waals surface area (Å²) in [5, 5.41) is 7.71. The number of rotatable bonds is 4. The molecule has 0 aliphatic carbocycles. The molecule has 0 aromatic heterocycles. The van der Waals surface area contributed by atoms with Crippen LogP contribution in [0.4, 0.5) is 5.69 Å². The lowest BCUT2D eigenvalue weighted by molar-refractivity contribution is -0.118. The Morgan fingerprint density at radius 3 is 2.56 bits per heavy atom. The van der Waals surface area contributed by atoms with Crippen LogP contribution in [0.5, 0.6) is 0 Å². The van der Waals surface area contributed by atoms with Gasteiger partial charge in [-0.15, -0.1) is 0 Å². The highest BCUT2D eigenvalue weighted by molar-refractivity contribution is 6.64. The Hall–Kier alpha value is -1.22. The monoisotopic (exact) mass is 238 g/mol. The van der Waals surface area contributed by atoms with E-state index in [0.717, 1.165) is 11.3 Å². The largest absolute Gasteiger partial charge is 0.281 e. The van der Waals surface area contributed by atoms with Crippen molar-refractivity contribution in [3.05, 3.63) is 29.8 Å². The van der Waals surface area contributed by atoms with Gasteiger partial charge in [0, 0.05) is 0 Å². The van der Waals surface area contributed by atoms with Crippen LogP contribution in [0.3, 0.4) is 0 Å². The maximum atomic E-state index is 11.0. The van der Waals surface area contributed by atoms with Gasteiger partial charge in [-0.2, -0.15) is 10.2 Å². The molecular weight excluding hydrogens is 224 g/mol. The lowest BCUT2D eigenvalue weighted by Gasteiger charge is -2.14. The highest BCUT2D eigenvalue weighted by Crippen LogP contribution is 2.22. The van der Waals surface area contributed by atoms with Gasteiger partial charge in [0.15, 0.2) is 0 Å². The quantitative estimate of drug-likeness (QED) is 0.580. The van der Waals surface area contributed by atoms with Gasteiger partial charge in [-0.05, 0) is 44.0 Å². The summed E-state index contributed by atoms with van der Waals surface area (Å²) in [7, 11) is 0. The van der Waals surface area contributed by atoms with Crippen molar-refractivity contribution < 1.29 is 4.79 Å². The number of azo groups is 1. The molecule has 16 heavy (non-hydrogen) atoms. The Labute approximate surface area is 101 Å². The van der Waals surface area contributed by atoms with Gasteiger partial charge in [0.05, 0.1) is 17.6 Å². The van der Waals surface area contributed by atoms with E-state index in [1.165, 1.54) is 0 Å². The molecule has 86 valence electrons. The van der Waals surface area contributed by atoms with Crippen molar-refractivity contribution in [2.45, 2.75) is 20.8 Å². The Morgan fingerprint density at radius 2 is 2.00 bits per heavy atom. The summed E-state index contributed by atoms with van der Waals surface area (Å²) in [5.41, 5.74) is 1.22. The Balaban J connectivity index is 2.69. The molecule has 0 bridgehead atoms. The first-order valence-electron chi connectivity index (χ1n) is 5.06. The molecule has 0 atom stereocenters. The van der Waals surface area contributed by atoms with Crippen molar-refractivity contribution in [1.29, 1.82) is 0 Å². The second kappa shape index (κ2) is 5.21. The second-order valence-electron chi connectivity index (χ2n) is 4.34. The van der Waals surface area contributed by atoms with E-state index in [4.69, 9.17) is 11.6 Å². The van der Waals surface area contributed by atoms with Gasteiger partial charge in [-0.1, -0.05) is 18.2 Å². The normalized spacial score (nSPS) is 12.0. The van der Waals surface area contributed by atoms with Gasteiger partial charge >= 0.3 is 0 Å². The molecule has 4 heteroatoms. The lowest BCUT2D eigenvalue weighted by atomic mass is 9.96. The molecule has 0 saturated carbocycles. The third-order valence-corrected chi connectivity index (χ3v) is 2.80. The number of nitrogens with zero attached hydrogens (tertiary/aromatic N) is 2. The first-order valence-corrected chi connectivity index (χ1v) is 5.44. The number of carbonyl (C=O) groups is 1. The fraction of sp³-hybridized carbons (Fsp3) is 0.417. The SMILES string of the molecule is Cc1ccccc1N=NCC(C)(C)C(=O)Cl. The summed E-state index contributed by atoms with van der Waals surface area (Å²) in [6.45, 7) is 5.76. The molecule has 3 nitrogen and oxygen atoms in total. The molecule has 0 N–H and O–H groups in total. The molecule has 0 unspecified atom stereocenters. The third kappa shape index (κ3) is 3.42. The second-order valence-corrected chi connectivity index (χ2v) is 4.69. The summed E-state index contributed by atoms with van der Waals surface area (Å²) in [6, 6.07) is 7.69. The molecule has 0 amide bonds. The highest BCUT2D eigenvalue weighted by Gasteiger charge is 2.25. The van der Waals surface area contributed by atoms with E-state index >= 15 is 0 Å². The molecular formula is C12H15ClN2O. The highest BCUT2D eigenvalue weighted by atomic mass is 35.5. The van der Waals surface area contributed by atoms with Crippen molar-refractivity contribution >= 4 is 22.5 Å². The number of hydrogen-bond acceptors (Lipinski definition) is 3. The van der Waals surface area contributed by atoms with Gasteiger partial charge in [0.1, 0.15) is 0 Å². The van der Waals surface area contributed by atoms with Crippen LogP contribution >= 0.6 is 11.6 Å². The predicted molar refractivity (Wildman–Crippen MR) is 65.2 cm³/mol. The number of aryl methyl sites for hydroxylation is 1. The smallest absolute Gasteiger partial charge is 0.229 e. The topological polar surface area (TPSA) is 41.8 Å². The van der Waals surface area contributed by atoms with E-state index in [9.17, 15) is 4.79 Å². The van der Waals surface area contributed by atoms with Gasteiger partial charge in [-0.3, -0.25) is 4.79 Å². The van der Waals surface area contributed by atoms with Gasteiger partial charge in [-0.25, -0.2) is 0 Å². The zero-order chi connectivity index (χ0) is 12.2. The minimum Gasteiger partial charge on any atom is -0.281 e. The van der Waals surface area contributed by atoms with Crippen LogP contribution in [0, 0.1) is 12.3 Å². The number of halogens is 1. The number of hydrogen-bond donors (Lipinski definition) is 0. The Kier molecular flexibility index (Phi) is 4.19. The van der Waals surface area contributed by atoms with Crippen molar-refractivity contribution in [2.75, 3.05) is 6.54 Å². The lowest BCUT2D eigenvalue weighted by Crippen LogP contribution is -2.22. The van der Waals surface area contributed by atoms with Crippen LogP contribution in [-0.4, -0.2) is 11.8 Å². The minimum absolute atomic E-state index is 0.295. The third-order valence-electron chi connectivity index (χ3n) is 2.29. The molecule has 1 rings (SSSR count). The van der Waals surface area contributed by atoms with Crippen LogP contribution < -0.4 is 0 Å². The first-order chi connectivity index (χ1) is 7.43. The summed E-state index contributed by atoms with van der Waals surface area (Å²) in [6.07, 6.45) is 0. The van der Waals surface area contributed by atoms with E-state index < -0.39 is 10.7 Å². The average molecular weight is 239 g/mol. The Morgan fingerprint density at radius 1 is 1.38 bits per heavy atom. The average Bonchev–Trinajstić information content (AvgIpc) is 2.20. The standard InChI is InChI=1S/C12H15ClN2O/c1-9-6-4-5-7-10(9)15-14-8-12(2,3)11(13)16/h4-7H,8H2,1-3H3. The number of benzene rings is 1. The van der Waals surface area contributed by atoms with Crippen molar-refractivity contribution in [2.24, 2.45) is 15.6 Å². The van der Waals surface area contributed by atoms with Crippen LogP contribution in [0.15, 0.2) is 34.5 Å². The zero-order valence-electron chi connectivity index (χ0n) is 9.70. The maximum absolute atomic E-state index is 11.0. The molecule has 0 radical (unpaired) electrons. The predicted octanol–water partition coefficient (Wildman–Crippen LogP) is 3.87. The summed E-state index contributed by atoms with van der Waals surface area (Å²) < 4.78 is 0. The number of carbonyl (C=O) groups excluding carboxylic acids is 1. The molecule has 0 spiro atoms. The summed E-state index contributed by atoms with van der Waals surface area (Å²) in [4.78, 5) is 11.0. The van der Waals surface area contributed by atoms with Crippen LogP contribution in [0.1, 0.15) is 19.4 Å². The molecule has 1 aromatic carbocycles. The Bertz CT molecular complexity index is 413. The van der Waals surface area contributed by atoms with Crippen molar-refractivity contribution in [3.63, 3.8) is 0 Å². The van der Waals surface area contributed by atoms with Crippen LogP contribution in [0.2, 0.25) is 0 Å². The first kappa shape index (κ1) is 12.8. The van der Waals surface area contributed by atoms with Crippen molar-refractivity contribution in [3.8, 4) is 0 Å². The van der Waals surface area contributed by atoms with Crippen molar-refractivity contribution in [1.82, 2.24) is 0 Å². The molecule has 0 aliphatic rings. The maximum Gasteiger partial charge on any atom is 0.229 e. The van der Waals surface area contributed by atoms with E-state index in [2.05, 4.69) is 10.2 Å². The molecule has 0 saturated heterocycles. The van der Waals surface area contributed by atoms with E-state index in [0.29, 0.717) is 6.54 Å². The van der Waals surface area contributed by atoms with Crippen LogP contribution in [0.25, 0.3) is 0 Å².